The molecule has 34 heavy (non-hydrogen) atoms. The molecule has 1 aromatic heterocycles. The first kappa shape index (κ1) is 26.1. The lowest BCUT2D eigenvalue weighted by Gasteiger charge is -2.18. The Hall–Kier alpha value is -2.55. The molecule has 3 aromatic rings. The van der Waals surface area contributed by atoms with Crippen molar-refractivity contribution in [2.45, 2.75) is 26.8 Å². The Kier molecular flexibility index (Phi) is 8.62. The largest absolute Gasteiger partial charge is 0.493 e. The van der Waals surface area contributed by atoms with Gasteiger partial charge in [0.2, 0.25) is 0 Å². The summed E-state index contributed by atoms with van der Waals surface area (Å²) < 4.78 is 33.6. The number of anilines is 1. The van der Waals surface area contributed by atoms with Gasteiger partial charge in [0, 0.05) is 27.9 Å². The van der Waals surface area contributed by atoms with Crippen LogP contribution in [0.3, 0.4) is 0 Å². The maximum Gasteiger partial charge on any atom is 0.269 e. The Morgan fingerprint density at radius 2 is 1.76 bits per heavy atom. The number of nitrogens with zero attached hydrogens (tertiary/aromatic N) is 1. The minimum Gasteiger partial charge on any atom is -0.493 e. The summed E-state index contributed by atoms with van der Waals surface area (Å²) in [5.74, 6) is 1.02. The molecule has 2 heterocycles. The maximum absolute atomic E-state index is 13.1. The molecule has 1 aliphatic rings. The molecule has 6 nitrogen and oxygen atoms in total. The topological polar surface area (TPSA) is 72.9 Å². The molecule has 182 valence electrons. The molecule has 1 aliphatic heterocycles. The molecule has 0 saturated carbocycles. The van der Waals surface area contributed by atoms with Gasteiger partial charge in [0.25, 0.3) is 5.91 Å². The van der Waals surface area contributed by atoms with Gasteiger partial charge in [0.1, 0.15) is 9.84 Å². The van der Waals surface area contributed by atoms with Gasteiger partial charge in [0.15, 0.2) is 11.5 Å². The fraction of sp³-hybridized carbons (Fsp3) is 0.320. The number of rotatable bonds is 8. The predicted octanol–water partition coefficient (Wildman–Crippen LogP) is 6.08. The van der Waals surface area contributed by atoms with E-state index in [1.807, 2.05) is 44.2 Å². The van der Waals surface area contributed by atoms with Crippen LogP contribution in [0.1, 0.15) is 35.5 Å². The number of thiophene rings is 1. The standard InChI is InChI=1S/C23H22ClNO5S2.C2H6/c1-29-20-13-18(8-9-19(20)30-10-3-11-32(2,27)28)25-14-16-12-21(31-22(16)23(25)26)15-4-6-17(24)7-5-15;1-2/h4-9,12-13H,3,10-11,14H2,1-2H3;1-2H3. The second kappa shape index (κ2) is 11.3. The van der Waals surface area contributed by atoms with Crippen LogP contribution in [0.5, 0.6) is 11.5 Å². The lowest BCUT2D eigenvalue weighted by Crippen LogP contribution is -2.23. The van der Waals surface area contributed by atoms with E-state index in [1.165, 1.54) is 24.7 Å². The van der Waals surface area contributed by atoms with Crippen LogP contribution < -0.4 is 14.4 Å². The van der Waals surface area contributed by atoms with Gasteiger partial charge in [-0.25, -0.2) is 8.42 Å². The summed E-state index contributed by atoms with van der Waals surface area (Å²) in [5.41, 5.74) is 2.74. The van der Waals surface area contributed by atoms with E-state index in [0.717, 1.165) is 20.9 Å². The third-order valence-corrected chi connectivity index (χ3v) is 7.58. The zero-order chi connectivity index (χ0) is 24.9. The van der Waals surface area contributed by atoms with E-state index in [0.29, 0.717) is 35.2 Å². The van der Waals surface area contributed by atoms with Crippen molar-refractivity contribution >= 4 is 44.4 Å². The second-order valence-corrected chi connectivity index (χ2v) is 11.3. The summed E-state index contributed by atoms with van der Waals surface area (Å²) in [6.45, 7) is 4.74. The monoisotopic (exact) mass is 521 g/mol. The number of benzene rings is 2. The average molecular weight is 522 g/mol. The average Bonchev–Trinajstić information content (AvgIpc) is 3.37. The van der Waals surface area contributed by atoms with Crippen molar-refractivity contribution in [3.8, 4) is 21.9 Å². The van der Waals surface area contributed by atoms with E-state index in [9.17, 15) is 13.2 Å². The molecule has 0 radical (unpaired) electrons. The number of hydrogen-bond donors (Lipinski definition) is 0. The first-order valence-corrected chi connectivity index (χ1v) is 14.2. The Morgan fingerprint density at radius 1 is 1.06 bits per heavy atom. The van der Waals surface area contributed by atoms with Crippen LogP contribution in [0.25, 0.3) is 10.4 Å². The number of carbonyl (C=O) groups is 1. The molecule has 0 bridgehead atoms. The number of amides is 1. The summed E-state index contributed by atoms with van der Waals surface area (Å²) in [6.07, 6.45) is 1.59. The quantitative estimate of drug-likeness (QED) is 0.336. The van der Waals surface area contributed by atoms with Crippen molar-refractivity contribution in [3.63, 3.8) is 0 Å². The number of halogens is 1. The molecule has 4 rings (SSSR count). The lowest BCUT2D eigenvalue weighted by atomic mass is 10.1. The van der Waals surface area contributed by atoms with Crippen molar-refractivity contribution < 1.29 is 22.7 Å². The number of ether oxygens (including phenoxy) is 2. The summed E-state index contributed by atoms with van der Waals surface area (Å²) in [6, 6.07) is 14.9. The molecular formula is C25H28ClNO5S2. The SMILES string of the molecule is CC.COc1cc(N2Cc3cc(-c4ccc(Cl)cc4)sc3C2=O)ccc1OCCCS(C)(=O)=O. The van der Waals surface area contributed by atoms with Gasteiger partial charge in [-0.05, 0) is 47.9 Å². The molecule has 0 fully saturated rings. The van der Waals surface area contributed by atoms with E-state index >= 15 is 0 Å². The van der Waals surface area contributed by atoms with E-state index in [-0.39, 0.29) is 18.3 Å². The number of methoxy groups -OCH3 is 1. The fourth-order valence-corrected chi connectivity index (χ4v) is 5.40. The smallest absolute Gasteiger partial charge is 0.269 e. The van der Waals surface area contributed by atoms with Crippen molar-refractivity contribution in [3.05, 3.63) is 64.0 Å². The summed E-state index contributed by atoms with van der Waals surface area (Å²) >= 11 is 7.45. The highest BCUT2D eigenvalue weighted by Gasteiger charge is 2.32. The minimum absolute atomic E-state index is 0.0471. The maximum atomic E-state index is 13.1. The van der Waals surface area contributed by atoms with E-state index in [4.69, 9.17) is 21.1 Å². The van der Waals surface area contributed by atoms with Crippen LogP contribution in [0.4, 0.5) is 5.69 Å². The fourth-order valence-electron chi connectivity index (χ4n) is 3.50. The van der Waals surface area contributed by atoms with Crippen molar-refractivity contribution in [2.24, 2.45) is 0 Å². The lowest BCUT2D eigenvalue weighted by molar-refractivity contribution is 0.1000. The van der Waals surface area contributed by atoms with Gasteiger partial charge < -0.3 is 14.4 Å². The first-order valence-electron chi connectivity index (χ1n) is 10.9. The molecule has 0 saturated heterocycles. The van der Waals surface area contributed by atoms with Crippen LogP contribution in [0.2, 0.25) is 5.02 Å². The van der Waals surface area contributed by atoms with Gasteiger partial charge >= 0.3 is 0 Å². The molecule has 1 amide bonds. The van der Waals surface area contributed by atoms with Gasteiger partial charge in [0.05, 0.1) is 30.9 Å². The number of carbonyl (C=O) groups excluding carboxylic acids is 1. The third-order valence-electron chi connectivity index (χ3n) is 5.08. The van der Waals surface area contributed by atoms with Gasteiger partial charge in [-0.15, -0.1) is 11.3 Å². The molecule has 0 atom stereocenters. The minimum atomic E-state index is -3.02. The van der Waals surface area contributed by atoms with Gasteiger partial charge in [-0.1, -0.05) is 37.6 Å². The van der Waals surface area contributed by atoms with Crippen molar-refractivity contribution in [2.75, 3.05) is 30.6 Å². The van der Waals surface area contributed by atoms with E-state index < -0.39 is 9.84 Å². The number of sulfone groups is 1. The van der Waals surface area contributed by atoms with Gasteiger partial charge in [-0.3, -0.25) is 4.79 Å². The third kappa shape index (κ3) is 6.11. The summed E-state index contributed by atoms with van der Waals surface area (Å²) in [4.78, 5) is 16.6. The molecule has 0 spiro atoms. The summed E-state index contributed by atoms with van der Waals surface area (Å²) in [5, 5.41) is 0.678. The van der Waals surface area contributed by atoms with Crippen LogP contribution in [-0.4, -0.2) is 40.1 Å². The Morgan fingerprint density at radius 3 is 2.38 bits per heavy atom. The molecule has 0 unspecified atom stereocenters. The number of fused-ring (bicyclic) bond motifs is 1. The second-order valence-electron chi connectivity index (χ2n) is 7.53. The van der Waals surface area contributed by atoms with Crippen LogP contribution in [0.15, 0.2) is 48.5 Å². The number of hydrogen-bond acceptors (Lipinski definition) is 6. The van der Waals surface area contributed by atoms with E-state index in [2.05, 4.69) is 6.07 Å². The Bertz CT molecular complexity index is 1250. The Labute approximate surface area is 210 Å². The van der Waals surface area contributed by atoms with E-state index in [1.54, 1.807) is 17.0 Å². The Balaban J connectivity index is 0.00000158. The highest BCUT2D eigenvalue weighted by molar-refractivity contribution is 7.90. The van der Waals surface area contributed by atoms with Crippen LogP contribution in [0, 0.1) is 0 Å². The van der Waals surface area contributed by atoms with Gasteiger partial charge in [-0.2, -0.15) is 0 Å². The van der Waals surface area contributed by atoms with Crippen molar-refractivity contribution in [1.82, 2.24) is 0 Å². The predicted molar refractivity (Wildman–Crippen MR) is 139 cm³/mol. The zero-order valence-corrected chi connectivity index (χ0v) is 22.0. The van der Waals surface area contributed by atoms with Crippen molar-refractivity contribution in [1.29, 1.82) is 0 Å². The molecule has 0 aliphatic carbocycles. The van der Waals surface area contributed by atoms with Crippen LogP contribution >= 0.6 is 22.9 Å². The molecular weight excluding hydrogens is 494 g/mol. The highest BCUT2D eigenvalue weighted by atomic mass is 35.5. The highest BCUT2D eigenvalue weighted by Crippen LogP contribution is 2.40. The molecule has 2 aromatic carbocycles. The molecule has 9 heteroatoms. The molecule has 0 N–H and O–H groups in total. The first-order chi connectivity index (χ1) is 16.2. The van der Waals surface area contributed by atoms with Crippen LogP contribution in [-0.2, 0) is 16.4 Å². The summed E-state index contributed by atoms with van der Waals surface area (Å²) in [7, 11) is -1.49. The zero-order valence-electron chi connectivity index (χ0n) is 19.6. The normalized spacial score (nSPS) is 12.7.